The molecule has 0 heterocycles. The number of benzene rings is 2. The molecule has 1 spiro atoms. The van der Waals surface area contributed by atoms with Gasteiger partial charge in [-0.1, -0.05) is 60.7 Å². The van der Waals surface area contributed by atoms with Crippen molar-refractivity contribution in [1.82, 2.24) is 5.32 Å². The van der Waals surface area contributed by atoms with Crippen LogP contribution in [0.25, 0.3) is 12.2 Å². The Hall–Kier alpha value is -3.18. The lowest BCUT2D eigenvalue weighted by molar-refractivity contribution is -0.134. The van der Waals surface area contributed by atoms with Gasteiger partial charge in [0, 0.05) is 23.6 Å². The van der Waals surface area contributed by atoms with Gasteiger partial charge in [0.05, 0.1) is 0 Å². The third-order valence-electron chi connectivity index (χ3n) is 5.69. The molecule has 3 N–H and O–H groups in total. The second kappa shape index (κ2) is 8.88. The van der Waals surface area contributed by atoms with Crippen LogP contribution in [0.3, 0.4) is 0 Å². The Balaban J connectivity index is 0.000000258. The molecule has 29 heavy (non-hydrogen) atoms. The van der Waals surface area contributed by atoms with E-state index < -0.39 is 11.9 Å². The Morgan fingerprint density at radius 2 is 1.41 bits per heavy atom. The molecule has 0 aliphatic heterocycles. The van der Waals surface area contributed by atoms with E-state index in [1.165, 1.54) is 41.5 Å². The molecule has 0 aromatic heterocycles. The van der Waals surface area contributed by atoms with Crippen LogP contribution in [0.4, 0.5) is 0 Å². The highest BCUT2D eigenvalue weighted by Crippen LogP contribution is 2.50. The molecule has 5 nitrogen and oxygen atoms in total. The maximum Gasteiger partial charge on any atom is 0.328 e. The maximum atomic E-state index is 9.55. The van der Waals surface area contributed by atoms with E-state index >= 15 is 0 Å². The number of nitrogens with one attached hydrogen (secondary N) is 1. The van der Waals surface area contributed by atoms with E-state index in [9.17, 15) is 9.59 Å². The quantitative estimate of drug-likeness (QED) is 0.690. The van der Waals surface area contributed by atoms with Crippen LogP contribution in [0, 0.1) is 0 Å². The van der Waals surface area contributed by atoms with Crippen molar-refractivity contribution in [3.05, 3.63) is 82.9 Å². The summed E-state index contributed by atoms with van der Waals surface area (Å²) in [6.07, 6.45) is 9.36. The summed E-state index contributed by atoms with van der Waals surface area (Å²) in [7, 11) is 2.09. The van der Waals surface area contributed by atoms with Gasteiger partial charge in [0.25, 0.3) is 0 Å². The fourth-order valence-electron chi connectivity index (χ4n) is 4.40. The Labute approximate surface area is 170 Å². The molecule has 2 aromatic carbocycles. The van der Waals surface area contributed by atoms with Crippen LogP contribution in [-0.2, 0) is 15.0 Å². The number of fused-ring (bicyclic) bond motifs is 4. The van der Waals surface area contributed by atoms with Gasteiger partial charge in [0.15, 0.2) is 0 Å². The SMILES string of the molecule is CNC1CCC2(C1)c1ccccc1C=Cc1ccccc12.O=C(O)/C=C\C(=O)O. The van der Waals surface area contributed by atoms with Gasteiger partial charge in [-0.3, -0.25) is 0 Å². The number of carbonyl (C=O) groups is 2. The molecule has 0 saturated heterocycles. The Morgan fingerprint density at radius 1 is 0.931 bits per heavy atom. The summed E-state index contributed by atoms with van der Waals surface area (Å²) in [5.74, 6) is -2.51. The fourth-order valence-corrected chi connectivity index (χ4v) is 4.40. The average molecular weight is 391 g/mol. The van der Waals surface area contributed by atoms with Gasteiger partial charge in [0.1, 0.15) is 0 Å². The van der Waals surface area contributed by atoms with Gasteiger partial charge >= 0.3 is 11.9 Å². The van der Waals surface area contributed by atoms with Gasteiger partial charge in [-0.2, -0.15) is 0 Å². The molecule has 2 aliphatic carbocycles. The van der Waals surface area contributed by atoms with Gasteiger partial charge in [-0.05, 0) is 48.6 Å². The minimum atomic E-state index is -1.26. The second-order valence-corrected chi connectivity index (χ2v) is 7.33. The third-order valence-corrected chi connectivity index (χ3v) is 5.69. The number of carboxylic acid groups (broad SMARTS) is 2. The predicted octanol–water partition coefficient (Wildman–Crippen LogP) is 3.94. The van der Waals surface area contributed by atoms with E-state index in [0.29, 0.717) is 18.2 Å². The van der Waals surface area contributed by atoms with Gasteiger partial charge in [-0.15, -0.1) is 0 Å². The molecule has 1 atom stereocenters. The largest absolute Gasteiger partial charge is 0.478 e. The summed E-state index contributed by atoms with van der Waals surface area (Å²) >= 11 is 0. The molecular formula is C24H25NO4. The second-order valence-electron chi connectivity index (χ2n) is 7.33. The first-order chi connectivity index (χ1) is 14.0. The molecule has 150 valence electrons. The van der Waals surface area contributed by atoms with Crippen molar-refractivity contribution in [3.63, 3.8) is 0 Å². The Morgan fingerprint density at radius 3 is 1.83 bits per heavy atom. The third kappa shape index (κ3) is 4.46. The molecule has 0 radical (unpaired) electrons. The van der Waals surface area contributed by atoms with Gasteiger partial charge in [0.2, 0.25) is 0 Å². The number of hydrogen-bond acceptors (Lipinski definition) is 3. The summed E-state index contributed by atoms with van der Waals surface area (Å²) in [6, 6.07) is 18.5. The molecule has 0 bridgehead atoms. The van der Waals surface area contributed by atoms with E-state index in [4.69, 9.17) is 10.2 Å². The molecule has 2 aromatic rings. The van der Waals surface area contributed by atoms with Gasteiger partial charge in [-0.25, -0.2) is 9.59 Å². The van der Waals surface area contributed by atoms with E-state index in [-0.39, 0.29) is 5.41 Å². The van der Waals surface area contributed by atoms with Crippen LogP contribution in [0.2, 0.25) is 0 Å². The van der Waals surface area contributed by atoms with Crippen LogP contribution in [0.1, 0.15) is 41.5 Å². The highest BCUT2D eigenvalue weighted by atomic mass is 16.4. The maximum absolute atomic E-state index is 9.55. The van der Waals surface area contributed by atoms with Crippen LogP contribution >= 0.6 is 0 Å². The molecule has 0 amide bonds. The Bertz CT molecular complexity index is 895. The van der Waals surface area contributed by atoms with Gasteiger partial charge < -0.3 is 15.5 Å². The summed E-state index contributed by atoms with van der Waals surface area (Å²) in [4.78, 5) is 19.1. The molecule has 5 heteroatoms. The fraction of sp³-hybridized carbons (Fsp3) is 0.250. The van der Waals surface area contributed by atoms with Crippen LogP contribution in [0.5, 0.6) is 0 Å². The lowest BCUT2D eigenvalue weighted by Gasteiger charge is -2.32. The van der Waals surface area contributed by atoms with Crippen molar-refractivity contribution in [2.45, 2.75) is 30.7 Å². The predicted molar refractivity (Wildman–Crippen MR) is 114 cm³/mol. The zero-order chi connectivity index (χ0) is 20.9. The zero-order valence-corrected chi connectivity index (χ0v) is 16.3. The number of carboxylic acids is 2. The lowest BCUT2D eigenvalue weighted by Crippen LogP contribution is -2.30. The van der Waals surface area contributed by atoms with Crippen molar-refractivity contribution >= 4 is 24.1 Å². The molecular weight excluding hydrogens is 366 g/mol. The average Bonchev–Trinajstić information content (AvgIpc) is 3.11. The van der Waals surface area contributed by atoms with Crippen LogP contribution in [0.15, 0.2) is 60.7 Å². The smallest absolute Gasteiger partial charge is 0.328 e. The van der Waals surface area contributed by atoms with Crippen molar-refractivity contribution in [2.24, 2.45) is 0 Å². The Kier molecular flexibility index (Phi) is 6.29. The first-order valence-corrected chi connectivity index (χ1v) is 9.64. The van der Waals surface area contributed by atoms with E-state index in [1.807, 2.05) is 0 Å². The molecule has 1 unspecified atom stereocenters. The number of rotatable bonds is 3. The van der Waals surface area contributed by atoms with Crippen LogP contribution < -0.4 is 5.32 Å². The standard InChI is InChI=1S/C20H21N.C4H4O4/c1-21-17-12-13-20(14-17)18-8-4-2-6-15(18)10-11-16-7-3-5-9-19(16)20;5-3(6)1-2-4(7)8/h2-11,17,21H,12-14H2,1H3;1-2H,(H,5,6)(H,7,8)/b;2-1-. The topological polar surface area (TPSA) is 86.6 Å². The monoisotopic (exact) mass is 391 g/mol. The van der Waals surface area contributed by atoms with E-state index in [1.54, 1.807) is 0 Å². The summed E-state index contributed by atoms with van der Waals surface area (Å²) in [6.45, 7) is 0. The van der Waals surface area contributed by atoms with E-state index in [2.05, 4.69) is 73.0 Å². The molecule has 2 aliphatic rings. The highest BCUT2D eigenvalue weighted by molar-refractivity contribution is 5.89. The van der Waals surface area contributed by atoms with Crippen molar-refractivity contribution in [2.75, 3.05) is 7.05 Å². The van der Waals surface area contributed by atoms with Crippen molar-refractivity contribution in [3.8, 4) is 0 Å². The van der Waals surface area contributed by atoms with Crippen molar-refractivity contribution < 1.29 is 19.8 Å². The molecule has 1 fully saturated rings. The first kappa shape index (κ1) is 20.6. The summed E-state index contributed by atoms with van der Waals surface area (Å²) in [5, 5.41) is 19.1. The minimum absolute atomic E-state index is 0.171. The van der Waals surface area contributed by atoms with Crippen LogP contribution in [-0.4, -0.2) is 35.2 Å². The van der Waals surface area contributed by atoms with Crippen molar-refractivity contribution in [1.29, 1.82) is 0 Å². The summed E-state index contributed by atoms with van der Waals surface area (Å²) < 4.78 is 0. The first-order valence-electron chi connectivity index (χ1n) is 9.64. The normalized spacial score (nSPS) is 18.4. The zero-order valence-electron chi connectivity index (χ0n) is 16.3. The summed E-state index contributed by atoms with van der Waals surface area (Å²) in [5.41, 5.74) is 5.94. The number of hydrogen-bond donors (Lipinski definition) is 3. The molecule has 4 rings (SSSR count). The molecule has 1 saturated carbocycles. The number of aliphatic carboxylic acids is 2. The van der Waals surface area contributed by atoms with E-state index in [0.717, 1.165) is 0 Å². The highest BCUT2D eigenvalue weighted by Gasteiger charge is 2.43. The minimum Gasteiger partial charge on any atom is -0.478 e. The lowest BCUT2D eigenvalue weighted by atomic mass is 9.71.